The van der Waals surface area contributed by atoms with E-state index in [0.717, 1.165) is 17.2 Å². The molecule has 0 fully saturated rings. The quantitative estimate of drug-likeness (QED) is 0.684. The molecule has 0 amide bonds. The van der Waals surface area contributed by atoms with E-state index in [2.05, 4.69) is 41.1 Å². The van der Waals surface area contributed by atoms with Crippen molar-refractivity contribution < 1.29 is 4.74 Å². The highest BCUT2D eigenvalue weighted by atomic mass is 79.9. The molecular formula is C16H16BrClO. The fourth-order valence-corrected chi connectivity index (χ4v) is 3.01. The smallest absolute Gasteiger partial charge is 0.119 e. The van der Waals surface area contributed by atoms with E-state index in [1.807, 2.05) is 24.3 Å². The zero-order valence-electron chi connectivity index (χ0n) is 11.0. The van der Waals surface area contributed by atoms with Crippen LogP contribution in [-0.2, 0) is 6.42 Å². The predicted molar refractivity (Wildman–Crippen MR) is 84.6 cm³/mol. The van der Waals surface area contributed by atoms with Crippen LogP contribution in [0.4, 0.5) is 0 Å². The molecule has 0 heterocycles. The van der Waals surface area contributed by atoms with Crippen LogP contribution in [0.3, 0.4) is 0 Å². The fourth-order valence-electron chi connectivity index (χ4n) is 2.07. The minimum Gasteiger partial charge on any atom is -0.497 e. The minimum absolute atomic E-state index is 0.247. The highest BCUT2D eigenvalue weighted by Gasteiger charge is 2.10. The van der Waals surface area contributed by atoms with E-state index in [4.69, 9.17) is 16.3 Å². The molecule has 1 atom stereocenters. The number of hydrogen-bond acceptors (Lipinski definition) is 1. The van der Waals surface area contributed by atoms with Crippen LogP contribution in [-0.4, -0.2) is 7.11 Å². The molecule has 100 valence electrons. The Morgan fingerprint density at radius 3 is 2.68 bits per heavy atom. The highest BCUT2D eigenvalue weighted by Crippen LogP contribution is 2.30. The molecule has 0 aromatic heterocycles. The van der Waals surface area contributed by atoms with Crippen molar-refractivity contribution in [3.63, 3.8) is 0 Å². The van der Waals surface area contributed by atoms with Crippen molar-refractivity contribution in [2.45, 2.75) is 18.2 Å². The Kier molecular flexibility index (Phi) is 4.89. The average molecular weight is 340 g/mol. The molecule has 0 aliphatic heterocycles. The van der Waals surface area contributed by atoms with E-state index in [1.165, 1.54) is 16.7 Å². The summed E-state index contributed by atoms with van der Waals surface area (Å²) in [6, 6.07) is 14.3. The van der Waals surface area contributed by atoms with Crippen LogP contribution in [0.15, 0.2) is 42.5 Å². The summed E-state index contributed by atoms with van der Waals surface area (Å²) in [6.45, 7) is 2.06. The van der Waals surface area contributed by atoms with Crippen molar-refractivity contribution in [1.29, 1.82) is 0 Å². The summed E-state index contributed by atoms with van der Waals surface area (Å²) in [5, 5.41) is 0.782. The van der Waals surface area contributed by atoms with Crippen LogP contribution in [0.1, 0.15) is 21.5 Å². The lowest BCUT2D eigenvalue weighted by Gasteiger charge is -2.12. The van der Waals surface area contributed by atoms with Crippen molar-refractivity contribution in [3.8, 4) is 5.75 Å². The molecule has 0 radical (unpaired) electrons. The molecule has 0 saturated heterocycles. The van der Waals surface area contributed by atoms with E-state index in [-0.39, 0.29) is 4.83 Å². The lowest BCUT2D eigenvalue weighted by atomic mass is 10.0. The minimum atomic E-state index is 0.247. The van der Waals surface area contributed by atoms with E-state index >= 15 is 0 Å². The summed E-state index contributed by atoms with van der Waals surface area (Å²) in [4.78, 5) is 0.247. The zero-order chi connectivity index (χ0) is 13.8. The third-order valence-electron chi connectivity index (χ3n) is 2.98. The number of benzene rings is 2. The second-order valence-corrected chi connectivity index (χ2v) is 6.13. The van der Waals surface area contributed by atoms with Gasteiger partial charge in [0.1, 0.15) is 5.75 Å². The van der Waals surface area contributed by atoms with Gasteiger partial charge in [-0.1, -0.05) is 45.7 Å². The van der Waals surface area contributed by atoms with Crippen molar-refractivity contribution in [2.24, 2.45) is 0 Å². The monoisotopic (exact) mass is 338 g/mol. The maximum absolute atomic E-state index is 6.10. The standard InChI is InChI=1S/C16H16BrClO/c1-11-6-13(10-14(18)7-11)16(17)9-12-4-3-5-15(8-12)19-2/h3-8,10,16H,9H2,1-2H3. The number of alkyl halides is 1. The average Bonchev–Trinajstić information content (AvgIpc) is 2.37. The summed E-state index contributed by atoms with van der Waals surface area (Å²) in [5.41, 5.74) is 3.62. The molecule has 1 unspecified atom stereocenters. The Labute approximate surface area is 127 Å². The maximum Gasteiger partial charge on any atom is 0.119 e. The first-order valence-corrected chi connectivity index (χ1v) is 7.42. The van der Waals surface area contributed by atoms with Gasteiger partial charge in [-0.05, 0) is 54.3 Å². The van der Waals surface area contributed by atoms with Crippen LogP contribution >= 0.6 is 27.5 Å². The van der Waals surface area contributed by atoms with Gasteiger partial charge in [0.15, 0.2) is 0 Å². The van der Waals surface area contributed by atoms with Crippen molar-refractivity contribution in [1.82, 2.24) is 0 Å². The third kappa shape index (κ3) is 3.99. The van der Waals surface area contributed by atoms with E-state index in [0.29, 0.717) is 0 Å². The first-order valence-electron chi connectivity index (χ1n) is 6.12. The summed E-state index contributed by atoms with van der Waals surface area (Å²) < 4.78 is 5.24. The van der Waals surface area contributed by atoms with E-state index in [1.54, 1.807) is 7.11 Å². The number of methoxy groups -OCH3 is 1. The van der Waals surface area contributed by atoms with Gasteiger partial charge in [0.25, 0.3) is 0 Å². The van der Waals surface area contributed by atoms with Gasteiger partial charge in [-0.25, -0.2) is 0 Å². The summed E-state index contributed by atoms with van der Waals surface area (Å²) in [5.74, 6) is 0.888. The third-order valence-corrected chi connectivity index (χ3v) is 4.05. The van der Waals surface area contributed by atoms with Gasteiger partial charge < -0.3 is 4.74 Å². The number of rotatable bonds is 4. The number of aryl methyl sites for hydroxylation is 1. The largest absolute Gasteiger partial charge is 0.497 e. The van der Waals surface area contributed by atoms with Crippen LogP contribution in [0.25, 0.3) is 0 Å². The topological polar surface area (TPSA) is 9.23 Å². The molecule has 2 aromatic rings. The summed E-state index contributed by atoms with van der Waals surface area (Å²) in [7, 11) is 1.69. The second-order valence-electron chi connectivity index (χ2n) is 4.59. The van der Waals surface area contributed by atoms with E-state index < -0.39 is 0 Å². The van der Waals surface area contributed by atoms with Gasteiger partial charge in [0.05, 0.1) is 7.11 Å². The van der Waals surface area contributed by atoms with Crippen molar-refractivity contribution in [3.05, 3.63) is 64.2 Å². The van der Waals surface area contributed by atoms with Gasteiger partial charge in [-0.3, -0.25) is 0 Å². The molecule has 0 N–H and O–H groups in total. The van der Waals surface area contributed by atoms with Crippen LogP contribution in [0, 0.1) is 6.92 Å². The van der Waals surface area contributed by atoms with Crippen LogP contribution in [0.5, 0.6) is 5.75 Å². The molecule has 2 aromatic carbocycles. The van der Waals surface area contributed by atoms with Crippen molar-refractivity contribution >= 4 is 27.5 Å². The second kappa shape index (κ2) is 6.44. The highest BCUT2D eigenvalue weighted by molar-refractivity contribution is 9.09. The Bertz CT molecular complexity index is 548. The molecule has 0 spiro atoms. The normalized spacial score (nSPS) is 12.2. The molecule has 3 heteroatoms. The van der Waals surface area contributed by atoms with Gasteiger partial charge in [-0.15, -0.1) is 0 Å². The fraction of sp³-hybridized carbons (Fsp3) is 0.250. The van der Waals surface area contributed by atoms with Crippen LogP contribution < -0.4 is 4.74 Å². The van der Waals surface area contributed by atoms with Gasteiger partial charge in [-0.2, -0.15) is 0 Å². The van der Waals surface area contributed by atoms with Gasteiger partial charge in [0, 0.05) is 9.85 Å². The Morgan fingerprint density at radius 1 is 1.21 bits per heavy atom. The summed E-state index contributed by atoms with van der Waals surface area (Å²) >= 11 is 9.84. The maximum atomic E-state index is 6.10. The van der Waals surface area contributed by atoms with Crippen LogP contribution in [0.2, 0.25) is 5.02 Å². The first kappa shape index (κ1) is 14.4. The number of halogens is 2. The molecule has 1 nitrogen and oxygen atoms in total. The zero-order valence-corrected chi connectivity index (χ0v) is 13.3. The first-order chi connectivity index (χ1) is 9.08. The number of ether oxygens (including phenoxy) is 1. The number of hydrogen-bond donors (Lipinski definition) is 0. The lowest BCUT2D eigenvalue weighted by Crippen LogP contribution is -1.96. The summed E-state index contributed by atoms with van der Waals surface area (Å²) in [6.07, 6.45) is 0.900. The van der Waals surface area contributed by atoms with Crippen molar-refractivity contribution in [2.75, 3.05) is 7.11 Å². The molecule has 19 heavy (non-hydrogen) atoms. The molecule has 0 bridgehead atoms. The Morgan fingerprint density at radius 2 is 2.00 bits per heavy atom. The predicted octanol–water partition coefficient (Wildman–Crippen LogP) is 5.34. The lowest BCUT2D eigenvalue weighted by molar-refractivity contribution is 0.414. The molecule has 2 rings (SSSR count). The molecule has 0 aliphatic carbocycles. The SMILES string of the molecule is COc1cccc(CC(Br)c2cc(C)cc(Cl)c2)c1. The van der Waals surface area contributed by atoms with Gasteiger partial charge >= 0.3 is 0 Å². The molecule has 0 saturated carbocycles. The molecule has 0 aliphatic rings. The Hall–Kier alpha value is -0.990. The van der Waals surface area contributed by atoms with Gasteiger partial charge in [0.2, 0.25) is 0 Å². The molecular weight excluding hydrogens is 324 g/mol. The van der Waals surface area contributed by atoms with E-state index in [9.17, 15) is 0 Å². The Balaban J connectivity index is 2.17.